The van der Waals surface area contributed by atoms with Crippen LogP contribution in [0.25, 0.3) is 6.08 Å². The van der Waals surface area contributed by atoms with Crippen molar-refractivity contribution < 1.29 is 13.9 Å². The second kappa shape index (κ2) is 9.75. The first-order chi connectivity index (χ1) is 15.3. The van der Waals surface area contributed by atoms with Gasteiger partial charge in [-0.25, -0.2) is 4.39 Å². The summed E-state index contributed by atoms with van der Waals surface area (Å²) < 4.78 is 21.3. The van der Waals surface area contributed by atoms with Gasteiger partial charge in [0.15, 0.2) is 4.32 Å². The van der Waals surface area contributed by atoms with Crippen LogP contribution in [0.3, 0.4) is 0 Å². The Morgan fingerprint density at radius 2 is 1.97 bits per heavy atom. The largest absolute Gasteiger partial charge is 0.488 e. The standard InChI is InChI=1S/C24H16BrClFNO2S2/c1-14-5-2-3-8-20(14)28-23(29)22(32-24(28)31)12-15-11-16(25)9-10-21(15)30-13-17-18(26)6-4-7-19(17)27/h2-12H,13H2,1H3/b22-12+. The molecule has 4 rings (SSSR count). The molecule has 0 aliphatic carbocycles. The number of rotatable bonds is 5. The smallest absolute Gasteiger partial charge is 0.270 e. The average Bonchev–Trinajstić information content (AvgIpc) is 3.02. The van der Waals surface area contributed by atoms with E-state index < -0.39 is 5.82 Å². The number of para-hydroxylation sites is 1. The van der Waals surface area contributed by atoms with Crippen LogP contribution in [0.5, 0.6) is 5.75 Å². The van der Waals surface area contributed by atoms with Crippen LogP contribution in [0.1, 0.15) is 16.7 Å². The first kappa shape index (κ1) is 23.0. The molecule has 0 saturated carbocycles. The lowest BCUT2D eigenvalue weighted by Crippen LogP contribution is -2.28. The Labute approximate surface area is 208 Å². The lowest BCUT2D eigenvalue weighted by atomic mass is 10.1. The molecule has 1 amide bonds. The number of benzene rings is 3. The van der Waals surface area contributed by atoms with Crippen LogP contribution < -0.4 is 9.64 Å². The van der Waals surface area contributed by atoms with E-state index in [0.717, 1.165) is 15.7 Å². The third kappa shape index (κ3) is 4.76. The van der Waals surface area contributed by atoms with Gasteiger partial charge in [0, 0.05) is 15.6 Å². The monoisotopic (exact) mass is 547 g/mol. The van der Waals surface area contributed by atoms with Crippen molar-refractivity contribution >= 4 is 73.5 Å². The van der Waals surface area contributed by atoms with Crippen LogP contribution >= 0.6 is 51.5 Å². The molecule has 8 heteroatoms. The molecule has 0 N–H and O–H groups in total. The highest BCUT2D eigenvalue weighted by Crippen LogP contribution is 2.38. The topological polar surface area (TPSA) is 29.5 Å². The maximum Gasteiger partial charge on any atom is 0.270 e. The minimum absolute atomic E-state index is 0.0435. The van der Waals surface area contributed by atoms with Gasteiger partial charge in [-0.2, -0.15) is 0 Å². The normalized spacial score (nSPS) is 15.0. The Balaban J connectivity index is 1.64. The van der Waals surface area contributed by atoms with Crippen molar-refractivity contribution in [3.63, 3.8) is 0 Å². The highest BCUT2D eigenvalue weighted by atomic mass is 79.9. The van der Waals surface area contributed by atoms with Crippen LogP contribution in [0.2, 0.25) is 5.02 Å². The summed E-state index contributed by atoms with van der Waals surface area (Å²) in [7, 11) is 0. The number of carbonyl (C=O) groups is 1. The number of carbonyl (C=O) groups excluding carboxylic acids is 1. The third-order valence-corrected chi connectivity index (χ3v) is 6.99. The molecule has 3 aromatic rings. The molecule has 0 spiro atoms. The van der Waals surface area contributed by atoms with E-state index in [4.69, 9.17) is 28.6 Å². The summed E-state index contributed by atoms with van der Waals surface area (Å²) in [5.41, 5.74) is 2.66. The van der Waals surface area contributed by atoms with Gasteiger partial charge >= 0.3 is 0 Å². The fourth-order valence-electron chi connectivity index (χ4n) is 3.21. The fraction of sp³-hybridized carbons (Fsp3) is 0.0833. The quantitative estimate of drug-likeness (QED) is 0.243. The number of anilines is 1. The predicted octanol–water partition coefficient (Wildman–Crippen LogP) is 7.53. The second-order valence-corrected chi connectivity index (χ2v) is 9.97. The molecule has 162 valence electrons. The molecular weight excluding hydrogens is 533 g/mol. The van der Waals surface area contributed by atoms with Gasteiger partial charge in [-0.05, 0) is 55.0 Å². The van der Waals surface area contributed by atoms with Gasteiger partial charge in [0.2, 0.25) is 0 Å². The summed E-state index contributed by atoms with van der Waals surface area (Å²) in [4.78, 5) is 15.2. The highest BCUT2D eigenvalue weighted by Gasteiger charge is 2.34. The van der Waals surface area contributed by atoms with Gasteiger partial charge in [0.05, 0.1) is 15.6 Å². The van der Waals surface area contributed by atoms with E-state index in [1.165, 1.54) is 17.8 Å². The van der Waals surface area contributed by atoms with Crippen LogP contribution in [-0.4, -0.2) is 10.2 Å². The van der Waals surface area contributed by atoms with Crippen molar-refractivity contribution in [2.75, 3.05) is 4.90 Å². The van der Waals surface area contributed by atoms with Crippen molar-refractivity contribution in [3.8, 4) is 5.75 Å². The lowest BCUT2D eigenvalue weighted by Gasteiger charge is -2.16. The van der Waals surface area contributed by atoms with Gasteiger partial charge in [0.25, 0.3) is 5.91 Å². The summed E-state index contributed by atoms with van der Waals surface area (Å²) in [5.74, 6) is -0.138. The third-order valence-electron chi connectivity index (χ3n) is 4.84. The molecule has 0 aromatic heterocycles. The molecule has 3 nitrogen and oxygen atoms in total. The maximum atomic E-state index is 14.1. The summed E-state index contributed by atoms with van der Waals surface area (Å²) >= 11 is 16.3. The summed E-state index contributed by atoms with van der Waals surface area (Å²) in [6.45, 7) is 1.89. The van der Waals surface area contributed by atoms with Crippen molar-refractivity contribution in [1.29, 1.82) is 0 Å². The first-order valence-corrected chi connectivity index (χ1v) is 11.9. The zero-order valence-electron chi connectivity index (χ0n) is 16.8. The van der Waals surface area contributed by atoms with E-state index in [1.807, 2.05) is 43.3 Å². The molecule has 0 atom stereocenters. The van der Waals surface area contributed by atoms with Crippen LogP contribution in [-0.2, 0) is 11.4 Å². The lowest BCUT2D eigenvalue weighted by molar-refractivity contribution is -0.113. The summed E-state index contributed by atoms with van der Waals surface area (Å²) in [6, 6.07) is 17.5. The van der Waals surface area contributed by atoms with Crippen LogP contribution in [0.4, 0.5) is 10.1 Å². The summed E-state index contributed by atoms with van der Waals surface area (Å²) in [5, 5.41) is 0.294. The average molecular weight is 549 g/mol. The maximum absolute atomic E-state index is 14.1. The number of hydrogen-bond acceptors (Lipinski definition) is 4. The Kier molecular flexibility index (Phi) is 7.00. The Morgan fingerprint density at radius 1 is 1.19 bits per heavy atom. The van der Waals surface area contributed by atoms with E-state index >= 15 is 0 Å². The zero-order chi connectivity index (χ0) is 22.8. The molecule has 1 fully saturated rings. The van der Waals surface area contributed by atoms with E-state index in [0.29, 0.717) is 25.6 Å². The molecule has 32 heavy (non-hydrogen) atoms. The van der Waals surface area contributed by atoms with Crippen molar-refractivity contribution in [1.82, 2.24) is 0 Å². The Morgan fingerprint density at radius 3 is 2.72 bits per heavy atom. The molecule has 0 bridgehead atoms. The van der Waals surface area contributed by atoms with Crippen molar-refractivity contribution in [2.45, 2.75) is 13.5 Å². The number of halogens is 3. The Hall–Kier alpha value is -2.19. The first-order valence-electron chi connectivity index (χ1n) is 9.54. The second-order valence-electron chi connectivity index (χ2n) is 6.97. The number of thioether (sulfide) groups is 1. The van der Waals surface area contributed by atoms with Crippen LogP contribution in [0, 0.1) is 12.7 Å². The van der Waals surface area contributed by atoms with E-state index in [1.54, 1.807) is 29.2 Å². The minimum atomic E-state index is -0.435. The number of hydrogen-bond donors (Lipinski definition) is 0. The molecule has 1 aliphatic heterocycles. The van der Waals surface area contributed by atoms with E-state index in [-0.39, 0.29) is 18.1 Å². The number of amides is 1. The molecule has 1 aliphatic rings. The van der Waals surface area contributed by atoms with E-state index in [9.17, 15) is 9.18 Å². The number of ether oxygens (including phenoxy) is 1. The number of aryl methyl sites for hydroxylation is 1. The van der Waals surface area contributed by atoms with Crippen molar-refractivity contribution in [3.05, 3.63) is 97.6 Å². The molecular formula is C24H16BrClFNO2S2. The molecule has 1 heterocycles. The molecule has 0 unspecified atom stereocenters. The number of thiocarbonyl (C=S) groups is 1. The van der Waals surface area contributed by atoms with E-state index in [2.05, 4.69) is 15.9 Å². The molecule has 3 aromatic carbocycles. The fourth-order valence-corrected chi connectivity index (χ4v) is 5.09. The summed E-state index contributed by atoms with van der Waals surface area (Å²) in [6.07, 6.45) is 1.74. The Bertz CT molecular complexity index is 1240. The zero-order valence-corrected chi connectivity index (χ0v) is 20.7. The van der Waals surface area contributed by atoms with Gasteiger partial charge in [-0.15, -0.1) is 0 Å². The van der Waals surface area contributed by atoms with Crippen LogP contribution in [0.15, 0.2) is 70.0 Å². The van der Waals surface area contributed by atoms with Crippen molar-refractivity contribution in [2.24, 2.45) is 0 Å². The molecule has 1 saturated heterocycles. The van der Waals surface area contributed by atoms with Gasteiger partial charge < -0.3 is 4.74 Å². The molecule has 0 radical (unpaired) electrons. The minimum Gasteiger partial charge on any atom is -0.488 e. The van der Waals surface area contributed by atoms with Gasteiger partial charge in [-0.3, -0.25) is 9.69 Å². The predicted molar refractivity (Wildman–Crippen MR) is 137 cm³/mol. The van der Waals surface area contributed by atoms with Gasteiger partial charge in [0.1, 0.15) is 18.2 Å². The highest BCUT2D eigenvalue weighted by molar-refractivity contribution is 9.10. The number of nitrogens with zero attached hydrogens (tertiary/aromatic N) is 1. The SMILES string of the molecule is Cc1ccccc1N1C(=O)/C(=C\c2cc(Br)ccc2OCc2c(F)cccc2Cl)SC1=S. The van der Waals surface area contributed by atoms with Gasteiger partial charge in [-0.1, -0.05) is 75.8 Å².